The minimum atomic E-state index is -1.99. The van der Waals surface area contributed by atoms with Gasteiger partial charge in [0.15, 0.2) is 5.82 Å². The summed E-state index contributed by atoms with van der Waals surface area (Å²) in [6.45, 7) is 12.9. The van der Waals surface area contributed by atoms with E-state index in [0.29, 0.717) is 16.1 Å². The number of piperidine rings is 1. The molecule has 2 aromatic heterocycles. The zero-order valence-electron chi connectivity index (χ0n) is 29.5. The first kappa shape index (κ1) is 38.6. The van der Waals surface area contributed by atoms with Crippen molar-refractivity contribution >= 4 is 109 Å². The van der Waals surface area contributed by atoms with Gasteiger partial charge in [0.25, 0.3) is 0 Å². The predicted molar refractivity (Wildman–Crippen MR) is 211 cm³/mol. The number of aromatic amines is 1. The van der Waals surface area contributed by atoms with Crippen LogP contribution < -0.4 is 4.90 Å². The molecule has 248 valence electrons. The molecule has 1 aliphatic carbocycles. The number of H-pyrrole nitrogens is 1. The van der Waals surface area contributed by atoms with E-state index in [2.05, 4.69) is 47.1 Å². The van der Waals surface area contributed by atoms with Crippen LogP contribution in [0.15, 0.2) is 24.9 Å². The summed E-state index contributed by atoms with van der Waals surface area (Å²) in [5.41, 5.74) is 4.09. The largest absolute Gasteiger partial charge is 0.406 e. The molecule has 1 aromatic carbocycles. The van der Waals surface area contributed by atoms with Gasteiger partial charge in [-0.3, -0.25) is 14.6 Å². The third-order valence-corrected chi connectivity index (χ3v) is 12.1. The van der Waals surface area contributed by atoms with E-state index in [-0.39, 0.29) is 16.9 Å². The first-order valence-corrected chi connectivity index (χ1v) is 17.6. The number of aromatic nitrogens is 4. The number of fused-ring (bicyclic) bond motifs is 1. The Morgan fingerprint density at radius 3 is 2.20 bits per heavy atom. The topological polar surface area (TPSA) is 82.5 Å². The van der Waals surface area contributed by atoms with Crippen LogP contribution >= 0.6 is 23.2 Å². The van der Waals surface area contributed by atoms with E-state index in [0.717, 1.165) is 83.8 Å². The number of benzene rings is 1. The van der Waals surface area contributed by atoms with Gasteiger partial charge in [-0.1, -0.05) is 29.8 Å². The minimum Gasteiger partial charge on any atom is -0.406 e. The number of nitrogens with one attached hydrogen (secondary N) is 1. The molecular formula is C32H35B8Cl2N7O2. The van der Waals surface area contributed by atoms with Crippen molar-refractivity contribution in [1.29, 1.82) is 0 Å². The van der Waals surface area contributed by atoms with E-state index in [1.165, 1.54) is 19.5 Å². The lowest BCUT2D eigenvalue weighted by Crippen LogP contribution is -2.85. The number of halogens is 2. The summed E-state index contributed by atoms with van der Waals surface area (Å²) in [7, 11) is 46.1. The van der Waals surface area contributed by atoms with E-state index in [9.17, 15) is 4.79 Å². The number of hydrogen-bond donors (Lipinski definition) is 1. The normalized spacial score (nSPS) is 24.3. The van der Waals surface area contributed by atoms with Crippen LogP contribution in [0.3, 0.4) is 0 Å². The zero-order valence-corrected chi connectivity index (χ0v) is 31.1. The first-order valence-electron chi connectivity index (χ1n) is 16.8. The van der Waals surface area contributed by atoms with Gasteiger partial charge in [-0.25, -0.2) is 0 Å². The van der Waals surface area contributed by atoms with E-state index >= 15 is 0 Å². The van der Waals surface area contributed by atoms with Gasteiger partial charge in [0, 0.05) is 52.8 Å². The molecule has 3 aromatic rings. The Labute approximate surface area is 321 Å². The van der Waals surface area contributed by atoms with Gasteiger partial charge in [0.05, 0.1) is 90.6 Å². The van der Waals surface area contributed by atoms with Gasteiger partial charge in [0.2, 0.25) is 5.91 Å². The number of carbonyl (C=O) groups is 1. The van der Waals surface area contributed by atoms with Crippen LogP contribution in [0.5, 0.6) is 0 Å². The predicted octanol–water partition coefficient (Wildman–Crippen LogP) is 2.07. The van der Waals surface area contributed by atoms with Gasteiger partial charge in [-0.05, 0) is 93.5 Å². The highest BCUT2D eigenvalue weighted by molar-refractivity contribution is 6.59. The Balaban J connectivity index is 0.000000252. The summed E-state index contributed by atoms with van der Waals surface area (Å²) in [5, 5.41) is 7.00. The maximum atomic E-state index is 12.0. The van der Waals surface area contributed by atoms with Crippen molar-refractivity contribution in [2.75, 3.05) is 31.6 Å². The van der Waals surface area contributed by atoms with Crippen molar-refractivity contribution in [3.05, 3.63) is 40.7 Å². The highest BCUT2D eigenvalue weighted by Crippen LogP contribution is 2.56. The third kappa shape index (κ3) is 6.18. The Kier molecular flexibility index (Phi) is 9.67. The van der Waals surface area contributed by atoms with Gasteiger partial charge < -0.3 is 19.4 Å². The second kappa shape index (κ2) is 12.8. The molecule has 3 aliphatic heterocycles. The lowest BCUT2D eigenvalue weighted by Gasteiger charge is -2.69. The number of amides is 1. The van der Waals surface area contributed by atoms with Crippen molar-refractivity contribution in [3.8, 4) is 11.1 Å². The SMILES string of the molecule is C=CC(=O)N1CC2(CC(n3nc(N4CCCCC4(C)C)c(-c4c(Cl)c(Cl)cc5[nH]ncc45)c3C)C2)C1.[B]C1([B])OC([B])([B])C([B])([B])N(C)C1([B])[B]. The van der Waals surface area contributed by atoms with Crippen molar-refractivity contribution in [3.63, 3.8) is 0 Å². The van der Waals surface area contributed by atoms with E-state index in [4.69, 9.17) is 95.8 Å². The molecule has 3 saturated heterocycles. The van der Waals surface area contributed by atoms with Crippen LogP contribution in [-0.2, 0) is 9.53 Å². The summed E-state index contributed by atoms with van der Waals surface area (Å²) in [6.07, 6.45) is 8.73. The molecule has 16 radical (unpaired) electrons. The molecule has 9 nitrogen and oxygen atoms in total. The molecule has 1 N–H and O–H groups in total. The lowest BCUT2D eigenvalue weighted by atomic mass is 9.30. The number of nitrogens with zero attached hydrogens (tertiary/aromatic N) is 6. The molecule has 1 amide bonds. The molecule has 19 heteroatoms. The highest BCUT2D eigenvalue weighted by atomic mass is 35.5. The molecule has 0 bridgehead atoms. The average molecular weight is 707 g/mol. The zero-order chi connectivity index (χ0) is 37.7. The van der Waals surface area contributed by atoms with Crippen molar-refractivity contribution in [1.82, 2.24) is 29.8 Å². The molecule has 1 saturated carbocycles. The Hall–Kier alpha value is -2.07. The van der Waals surface area contributed by atoms with E-state index in [1.54, 1.807) is 0 Å². The van der Waals surface area contributed by atoms with Crippen molar-refractivity contribution in [2.24, 2.45) is 5.41 Å². The standard InChI is InChI=1S/C27H32Cl2N6O.C5H3B8NO/c1-5-21(36)33-14-27(15-33)11-17(12-27)35-16(2)22(25(32-35)34-9-7-6-8-26(34,3)4)23-18-13-30-31-20(18)10-19(28)24(23)29;1-14-2(6,7)4(10,11)15-5(12,13)3(14,8)9/h5,10,13,17H,1,6-9,11-12,14-15H2,2-4H3,(H,30,31);1H3. The van der Waals surface area contributed by atoms with Crippen molar-refractivity contribution < 1.29 is 9.53 Å². The fraction of sp³-hybridized carbons (Fsp3) is 0.594. The molecular weight excluding hydrogens is 672 g/mol. The number of ether oxygens (including phenoxy) is 1. The second-order valence-electron chi connectivity index (χ2n) is 15.4. The maximum Gasteiger partial charge on any atom is 0.245 e. The third-order valence-electron chi connectivity index (χ3n) is 11.3. The van der Waals surface area contributed by atoms with Crippen LogP contribution in [0.1, 0.15) is 57.7 Å². The Bertz CT molecular complexity index is 1840. The summed E-state index contributed by atoms with van der Waals surface area (Å²) in [4.78, 5) is 17.4. The van der Waals surface area contributed by atoms with Gasteiger partial charge >= 0.3 is 0 Å². The minimum absolute atomic E-state index is 0.0143. The fourth-order valence-corrected chi connectivity index (χ4v) is 8.42. The van der Waals surface area contributed by atoms with Gasteiger partial charge in [-0.15, -0.1) is 0 Å². The Morgan fingerprint density at radius 1 is 1.02 bits per heavy atom. The number of morpholine rings is 1. The number of rotatable bonds is 4. The van der Waals surface area contributed by atoms with Gasteiger partial charge in [0.1, 0.15) is 0 Å². The van der Waals surface area contributed by atoms with Crippen LogP contribution in [0.25, 0.3) is 22.0 Å². The number of likely N-dealkylation sites (tertiary alicyclic amines) is 1. The summed E-state index contributed by atoms with van der Waals surface area (Å²) in [6, 6.07) is 2.13. The molecule has 4 aliphatic rings. The second-order valence-corrected chi connectivity index (χ2v) is 16.2. The molecule has 7 rings (SSSR count). The number of anilines is 1. The molecule has 0 atom stereocenters. The monoisotopic (exact) mass is 707 g/mol. The highest BCUT2D eigenvalue weighted by Gasteiger charge is 2.56. The molecule has 1 spiro atoms. The van der Waals surface area contributed by atoms with Crippen LogP contribution in [0, 0.1) is 12.3 Å². The summed E-state index contributed by atoms with van der Waals surface area (Å²) >= 11 is 13.5. The molecule has 0 unspecified atom stereocenters. The lowest BCUT2D eigenvalue weighted by molar-refractivity contribution is -0.149. The number of likely N-dealkylation sites (N-methyl/N-ethyl adjacent to an activating group) is 1. The van der Waals surface area contributed by atoms with Crippen LogP contribution in [-0.4, -0.2) is 152 Å². The summed E-state index contributed by atoms with van der Waals surface area (Å²) in [5.74, 6) is 0.998. The smallest absolute Gasteiger partial charge is 0.245 e. The molecule has 5 heterocycles. The molecule has 4 fully saturated rings. The van der Waals surface area contributed by atoms with E-state index in [1.807, 2.05) is 17.2 Å². The van der Waals surface area contributed by atoms with Crippen molar-refractivity contribution in [2.45, 2.75) is 85.9 Å². The Morgan fingerprint density at radius 2 is 1.63 bits per heavy atom. The van der Waals surface area contributed by atoms with Crippen LogP contribution in [0.4, 0.5) is 5.82 Å². The molecule has 51 heavy (non-hydrogen) atoms. The fourth-order valence-electron chi connectivity index (χ4n) is 7.97. The van der Waals surface area contributed by atoms with Crippen LogP contribution in [0.2, 0.25) is 10.0 Å². The number of hydrogen-bond acceptors (Lipinski definition) is 6. The quantitative estimate of drug-likeness (QED) is 0.331. The maximum absolute atomic E-state index is 12.0. The summed E-state index contributed by atoms with van der Waals surface area (Å²) < 4.78 is 7.14. The average Bonchev–Trinajstić information content (AvgIpc) is 3.58. The number of carbonyl (C=O) groups excluding carboxylic acids is 1. The first-order chi connectivity index (χ1) is 23.5. The van der Waals surface area contributed by atoms with Gasteiger partial charge in [-0.2, -0.15) is 10.2 Å². The van der Waals surface area contributed by atoms with E-state index < -0.39 is 21.5 Å².